The second-order valence-electron chi connectivity index (χ2n) is 5.87. The fourth-order valence-corrected chi connectivity index (χ4v) is 2.83. The molecule has 2 amide bonds. The van der Waals surface area contributed by atoms with Gasteiger partial charge in [0.25, 0.3) is 0 Å². The zero-order chi connectivity index (χ0) is 16.9. The van der Waals surface area contributed by atoms with E-state index in [0.29, 0.717) is 31.9 Å². The van der Waals surface area contributed by atoms with Gasteiger partial charge in [0.05, 0.1) is 0 Å². The Bertz CT molecular complexity index is 677. The van der Waals surface area contributed by atoms with Gasteiger partial charge >= 0.3 is 6.03 Å². The van der Waals surface area contributed by atoms with E-state index in [1.54, 1.807) is 36.4 Å². The fourth-order valence-electron chi connectivity index (χ4n) is 2.83. The number of urea groups is 1. The van der Waals surface area contributed by atoms with Crippen molar-refractivity contribution in [1.29, 1.82) is 0 Å². The lowest BCUT2D eigenvalue weighted by Crippen LogP contribution is -2.41. The molecule has 2 aromatic heterocycles. The Hall–Kier alpha value is -2.55. The lowest BCUT2D eigenvalue weighted by molar-refractivity contribution is 0.224. The third-order valence-electron chi connectivity index (χ3n) is 3.93. The SMILES string of the molecule is Cn1ccc(NC(=O)NC[C@@H]2C[C@H](F)CN2Cc2cncnc2)n1. The second kappa shape index (κ2) is 7.35. The molecule has 2 N–H and O–H groups in total. The van der Waals surface area contributed by atoms with Crippen LogP contribution in [0.4, 0.5) is 15.0 Å². The van der Waals surface area contributed by atoms with Crippen LogP contribution >= 0.6 is 0 Å². The van der Waals surface area contributed by atoms with E-state index in [2.05, 4.69) is 25.7 Å². The summed E-state index contributed by atoms with van der Waals surface area (Å²) in [5, 5.41) is 9.50. The molecule has 1 aliphatic heterocycles. The van der Waals surface area contributed by atoms with Crippen LogP contribution in [0.1, 0.15) is 12.0 Å². The minimum Gasteiger partial charge on any atom is -0.336 e. The molecule has 2 atom stereocenters. The van der Waals surface area contributed by atoms with Crippen molar-refractivity contribution in [2.75, 3.05) is 18.4 Å². The highest BCUT2D eigenvalue weighted by molar-refractivity contribution is 5.88. The highest BCUT2D eigenvalue weighted by atomic mass is 19.1. The fraction of sp³-hybridized carbons (Fsp3) is 0.467. The van der Waals surface area contributed by atoms with Crippen molar-refractivity contribution in [3.05, 3.63) is 36.5 Å². The summed E-state index contributed by atoms with van der Waals surface area (Å²) in [5.74, 6) is 0.475. The van der Waals surface area contributed by atoms with Gasteiger partial charge in [-0.3, -0.25) is 14.9 Å². The number of hydrogen-bond donors (Lipinski definition) is 2. The number of anilines is 1. The molecule has 1 fully saturated rings. The molecule has 8 nitrogen and oxygen atoms in total. The molecule has 0 saturated carbocycles. The molecule has 0 bridgehead atoms. The normalized spacial score (nSPS) is 20.9. The van der Waals surface area contributed by atoms with Crippen LogP contribution in [-0.2, 0) is 13.6 Å². The first-order valence-electron chi connectivity index (χ1n) is 7.76. The number of carbonyl (C=O) groups is 1. The van der Waals surface area contributed by atoms with Crippen molar-refractivity contribution in [3.8, 4) is 0 Å². The first-order chi connectivity index (χ1) is 11.6. The van der Waals surface area contributed by atoms with Crippen molar-refractivity contribution < 1.29 is 9.18 Å². The van der Waals surface area contributed by atoms with Crippen LogP contribution in [0.3, 0.4) is 0 Å². The average Bonchev–Trinajstić information content (AvgIpc) is 3.12. The summed E-state index contributed by atoms with van der Waals surface area (Å²) >= 11 is 0. The molecule has 0 aromatic carbocycles. The molecule has 3 rings (SSSR count). The first kappa shape index (κ1) is 16.3. The first-order valence-corrected chi connectivity index (χ1v) is 7.76. The van der Waals surface area contributed by atoms with Crippen molar-refractivity contribution in [3.63, 3.8) is 0 Å². The van der Waals surface area contributed by atoms with Gasteiger partial charge in [-0.15, -0.1) is 0 Å². The quantitative estimate of drug-likeness (QED) is 0.850. The van der Waals surface area contributed by atoms with Crippen LogP contribution in [0.2, 0.25) is 0 Å². The third kappa shape index (κ3) is 4.25. The van der Waals surface area contributed by atoms with Crippen LogP contribution in [0.5, 0.6) is 0 Å². The summed E-state index contributed by atoms with van der Waals surface area (Å²) in [6.45, 7) is 1.28. The maximum absolute atomic E-state index is 13.8. The summed E-state index contributed by atoms with van der Waals surface area (Å²) in [4.78, 5) is 21.9. The average molecular weight is 333 g/mol. The van der Waals surface area contributed by atoms with Gasteiger partial charge in [0.15, 0.2) is 5.82 Å². The molecule has 24 heavy (non-hydrogen) atoms. The Morgan fingerprint density at radius 2 is 2.21 bits per heavy atom. The van der Waals surface area contributed by atoms with Crippen molar-refractivity contribution >= 4 is 11.8 Å². The number of likely N-dealkylation sites (tertiary alicyclic amines) is 1. The van der Waals surface area contributed by atoms with E-state index in [-0.39, 0.29) is 12.1 Å². The zero-order valence-corrected chi connectivity index (χ0v) is 13.4. The Morgan fingerprint density at radius 1 is 1.42 bits per heavy atom. The molecular weight excluding hydrogens is 313 g/mol. The number of aryl methyl sites for hydroxylation is 1. The van der Waals surface area contributed by atoms with Crippen LogP contribution in [0, 0.1) is 0 Å². The molecule has 9 heteroatoms. The van der Waals surface area contributed by atoms with Gasteiger partial charge < -0.3 is 5.32 Å². The van der Waals surface area contributed by atoms with Crippen LogP contribution in [0.15, 0.2) is 31.0 Å². The van der Waals surface area contributed by atoms with Gasteiger partial charge in [0.1, 0.15) is 12.5 Å². The van der Waals surface area contributed by atoms with Crippen molar-refractivity contribution in [2.45, 2.75) is 25.2 Å². The summed E-state index contributed by atoms with van der Waals surface area (Å²) in [7, 11) is 1.77. The smallest absolute Gasteiger partial charge is 0.320 e. The lowest BCUT2D eigenvalue weighted by atomic mass is 10.2. The molecule has 1 saturated heterocycles. The van der Waals surface area contributed by atoms with Crippen LogP contribution in [-0.4, -0.2) is 56.0 Å². The number of hydrogen-bond acceptors (Lipinski definition) is 5. The summed E-state index contributed by atoms with van der Waals surface area (Å²) in [6, 6.07) is 1.29. The predicted molar refractivity (Wildman–Crippen MR) is 86.0 cm³/mol. The van der Waals surface area contributed by atoms with E-state index >= 15 is 0 Å². The standard InChI is InChI=1S/C15H20FN7O/c1-22-3-2-14(21-22)20-15(24)19-7-13-4-12(16)9-23(13)8-11-5-17-10-18-6-11/h2-3,5-6,10,12-13H,4,7-9H2,1H3,(H2,19,20,21,24)/t12-,13-/m0/s1. The summed E-state index contributed by atoms with van der Waals surface area (Å²) < 4.78 is 15.4. The summed E-state index contributed by atoms with van der Waals surface area (Å²) in [5.41, 5.74) is 0.925. The molecule has 0 radical (unpaired) electrons. The lowest BCUT2D eigenvalue weighted by Gasteiger charge is -2.24. The Balaban J connectivity index is 1.51. The number of aromatic nitrogens is 4. The number of nitrogens with zero attached hydrogens (tertiary/aromatic N) is 5. The van der Waals surface area contributed by atoms with E-state index in [1.807, 2.05) is 4.90 Å². The molecule has 128 valence electrons. The maximum atomic E-state index is 13.8. The monoisotopic (exact) mass is 333 g/mol. The minimum atomic E-state index is -0.889. The van der Waals surface area contributed by atoms with Gasteiger partial charge in [-0.05, 0) is 6.42 Å². The Morgan fingerprint density at radius 3 is 2.92 bits per heavy atom. The van der Waals surface area contributed by atoms with Gasteiger partial charge in [0.2, 0.25) is 0 Å². The number of nitrogens with one attached hydrogen (secondary N) is 2. The van der Waals surface area contributed by atoms with Gasteiger partial charge in [0, 0.05) is 62.9 Å². The molecular formula is C15H20FN7O. The summed E-state index contributed by atoms with van der Waals surface area (Å²) in [6.07, 6.45) is 6.15. The van der Waals surface area contributed by atoms with Crippen LogP contribution in [0.25, 0.3) is 0 Å². The molecule has 3 heterocycles. The number of alkyl halides is 1. The van der Waals surface area contributed by atoms with Gasteiger partial charge in [-0.1, -0.05) is 0 Å². The topological polar surface area (TPSA) is 88.0 Å². The maximum Gasteiger partial charge on any atom is 0.320 e. The van der Waals surface area contributed by atoms with Crippen LogP contribution < -0.4 is 10.6 Å². The Kier molecular flexibility index (Phi) is 4.99. The predicted octanol–water partition coefficient (Wildman–Crippen LogP) is 0.944. The van der Waals surface area contributed by atoms with Gasteiger partial charge in [-0.2, -0.15) is 5.10 Å². The molecule has 0 unspecified atom stereocenters. The van der Waals surface area contributed by atoms with Crippen molar-refractivity contribution in [1.82, 2.24) is 30.0 Å². The molecule has 0 aliphatic carbocycles. The van der Waals surface area contributed by atoms with E-state index in [1.165, 1.54) is 6.33 Å². The van der Waals surface area contributed by atoms with E-state index in [0.717, 1.165) is 5.56 Å². The Labute approximate surface area is 139 Å². The third-order valence-corrected chi connectivity index (χ3v) is 3.93. The molecule has 0 spiro atoms. The highest BCUT2D eigenvalue weighted by Gasteiger charge is 2.32. The number of rotatable bonds is 5. The number of amides is 2. The molecule has 2 aromatic rings. The van der Waals surface area contributed by atoms with Crippen molar-refractivity contribution in [2.24, 2.45) is 7.05 Å². The zero-order valence-electron chi connectivity index (χ0n) is 13.4. The number of carbonyl (C=O) groups excluding carboxylic acids is 1. The van der Waals surface area contributed by atoms with E-state index < -0.39 is 6.17 Å². The highest BCUT2D eigenvalue weighted by Crippen LogP contribution is 2.22. The van der Waals surface area contributed by atoms with Gasteiger partial charge in [-0.25, -0.2) is 19.2 Å². The number of halogens is 1. The van der Waals surface area contributed by atoms with E-state index in [9.17, 15) is 9.18 Å². The van der Waals surface area contributed by atoms with E-state index in [4.69, 9.17) is 0 Å². The largest absolute Gasteiger partial charge is 0.336 e. The minimum absolute atomic E-state index is 0.0605. The second-order valence-corrected chi connectivity index (χ2v) is 5.87. The molecule has 1 aliphatic rings.